The number of phenols is 1. The summed E-state index contributed by atoms with van der Waals surface area (Å²) in [5.74, 6) is 1.43. The highest BCUT2D eigenvalue weighted by atomic mass is 16.4. The maximum atomic E-state index is 12.8. The fourth-order valence-corrected chi connectivity index (χ4v) is 3.66. The number of likely N-dealkylation sites (tertiary alicyclic amines) is 1. The molecule has 0 radical (unpaired) electrons. The third-order valence-corrected chi connectivity index (χ3v) is 5.24. The first-order valence-corrected chi connectivity index (χ1v) is 9.42. The molecule has 0 bridgehead atoms. The van der Waals surface area contributed by atoms with Crippen LogP contribution in [0.5, 0.6) is 5.75 Å². The van der Waals surface area contributed by atoms with Crippen molar-refractivity contribution in [2.24, 2.45) is 0 Å². The van der Waals surface area contributed by atoms with Gasteiger partial charge in [-0.25, -0.2) is 0 Å². The third kappa shape index (κ3) is 3.86. The molecule has 6 nitrogen and oxygen atoms in total. The average molecular weight is 378 g/mol. The molecule has 1 N–H and O–H groups in total. The van der Waals surface area contributed by atoms with Crippen molar-refractivity contribution in [1.29, 1.82) is 0 Å². The number of carbonyl (C=O) groups is 1. The van der Waals surface area contributed by atoms with Gasteiger partial charge in [0.15, 0.2) is 5.76 Å². The molecule has 0 atom stereocenters. The minimum Gasteiger partial charge on any atom is -0.508 e. The average Bonchev–Trinajstić information content (AvgIpc) is 3.18. The van der Waals surface area contributed by atoms with Crippen LogP contribution in [-0.2, 0) is 6.54 Å². The fraction of sp³-hybridized carbons (Fsp3) is 0.273. The van der Waals surface area contributed by atoms with Gasteiger partial charge in [0.05, 0.1) is 6.54 Å². The van der Waals surface area contributed by atoms with E-state index in [-0.39, 0.29) is 17.2 Å². The van der Waals surface area contributed by atoms with E-state index in [9.17, 15) is 14.7 Å². The van der Waals surface area contributed by atoms with Crippen molar-refractivity contribution >= 4 is 5.91 Å². The molecule has 1 aliphatic heterocycles. The Labute approximate surface area is 162 Å². The number of furan rings is 1. The van der Waals surface area contributed by atoms with Crippen molar-refractivity contribution in [2.75, 3.05) is 13.1 Å². The van der Waals surface area contributed by atoms with Gasteiger partial charge in [0.1, 0.15) is 11.5 Å². The van der Waals surface area contributed by atoms with Gasteiger partial charge in [-0.3, -0.25) is 9.59 Å². The Morgan fingerprint density at radius 3 is 2.50 bits per heavy atom. The van der Waals surface area contributed by atoms with Crippen molar-refractivity contribution < 1.29 is 14.3 Å². The van der Waals surface area contributed by atoms with Gasteiger partial charge in [-0.1, -0.05) is 18.2 Å². The molecule has 1 fully saturated rings. The van der Waals surface area contributed by atoms with Crippen LogP contribution in [0.3, 0.4) is 0 Å². The number of piperidine rings is 1. The Morgan fingerprint density at radius 1 is 1.04 bits per heavy atom. The maximum Gasteiger partial charge on any atom is 0.289 e. The molecule has 0 aliphatic carbocycles. The van der Waals surface area contributed by atoms with E-state index in [2.05, 4.69) is 0 Å². The molecule has 1 saturated heterocycles. The van der Waals surface area contributed by atoms with E-state index < -0.39 is 0 Å². The molecule has 2 aromatic heterocycles. The number of hydrogen-bond donors (Lipinski definition) is 1. The highest BCUT2D eigenvalue weighted by Crippen LogP contribution is 2.29. The van der Waals surface area contributed by atoms with Crippen LogP contribution in [0.15, 0.2) is 70.0 Å². The Morgan fingerprint density at radius 2 is 1.79 bits per heavy atom. The maximum absolute atomic E-state index is 12.8. The minimum atomic E-state index is -0.115. The molecule has 0 spiro atoms. The summed E-state index contributed by atoms with van der Waals surface area (Å²) in [6.07, 6.45) is 3.45. The SMILES string of the molecule is O=C(c1ccc(Cn2ccccc2=O)o1)N1CCC(c2ccc(O)cc2)CC1. The van der Waals surface area contributed by atoms with Gasteiger partial charge in [-0.2, -0.15) is 0 Å². The van der Waals surface area contributed by atoms with E-state index in [4.69, 9.17) is 4.42 Å². The summed E-state index contributed by atoms with van der Waals surface area (Å²) in [6.45, 7) is 1.63. The van der Waals surface area contributed by atoms with E-state index in [1.165, 1.54) is 16.2 Å². The molecule has 4 rings (SSSR count). The van der Waals surface area contributed by atoms with Crippen molar-refractivity contribution in [2.45, 2.75) is 25.3 Å². The number of nitrogens with zero attached hydrogens (tertiary/aromatic N) is 2. The number of aromatic nitrogens is 1. The van der Waals surface area contributed by atoms with E-state index in [1.54, 1.807) is 42.6 Å². The van der Waals surface area contributed by atoms with Gasteiger partial charge in [-0.05, 0) is 54.7 Å². The van der Waals surface area contributed by atoms with Crippen LogP contribution >= 0.6 is 0 Å². The van der Waals surface area contributed by atoms with Gasteiger partial charge < -0.3 is 19.0 Å². The normalized spacial score (nSPS) is 14.9. The topological polar surface area (TPSA) is 75.7 Å². The number of benzene rings is 1. The number of amides is 1. The van der Waals surface area contributed by atoms with Gasteiger partial charge in [0.25, 0.3) is 11.5 Å². The molecule has 28 heavy (non-hydrogen) atoms. The Balaban J connectivity index is 1.38. The Bertz CT molecular complexity index is 1010. The zero-order valence-electron chi connectivity index (χ0n) is 15.5. The van der Waals surface area contributed by atoms with Gasteiger partial charge in [-0.15, -0.1) is 0 Å². The second-order valence-corrected chi connectivity index (χ2v) is 7.09. The summed E-state index contributed by atoms with van der Waals surface area (Å²) in [5, 5.41) is 9.42. The molecule has 144 valence electrons. The molecule has 1 amide bonds. The fourth-order valence-electron chi connectivity index (χ4n) is 3.66. The van der Waals surface area contributed by atoms with E-state index in [0.29, 0.717) is 37.1 Å². The Kier molecular flexibility index (Phi) is 5.02. The first-order valence-electron chi connectivity index (χ1n) is 9.42. The minimum absolute atomic E-state index is 0.108. The quantitative estimate of drug-likeness (QED) is 0.756. The molecule has 6 heteroatoms. The predicted octanol–water partition coefficient (Wildman–Crippen LogP) is 3.22. The van der Waals surface area contributed by atoms with Crippen LogP contribution in [0, 0.1) is 0 Å². The molecule has 3 heterocycles. The molecule has 3 aromatic rings. The highest BCUT2D eigenvalue weighted by molar-refractivity contribution is 5.91. The lowest BCUT2D eigenvalue weighted by Gasteiger charge is -2.31. The van der Waals surface area contributed by atoms with Crippen LogP contribution in [0.25, 0.3) is 0 Å². The number of hydrogen-bond acceptors (Lipinski definition) is 4. The van der Waals surface area contributed by atoms with Crippen LogP contribution in [-0.4, -0.2) is 33.6 Å². The number of pyridine rings is 1. The number of carbonyl (C=O) groups excluding carboxylic acids is 1. The summed E-state index contributed by atoms with van der Waals surface area (Å²) in [7, 11) is 0. The first kappa shape index (κ1) is 18.1. The lowest BCUT2D eigenvalue weighted by atomic mass is 9.89. The van der Waals surface area contributed by atoms with Gasteiger partial charge >= 0.3 is 0 Å². The van der Waals surface area contributed by atoms with Crippen LogP contribution in [0.1, 0.15) is 40.6 Å². The molecular weight excluding hydrogens is 356 g/mol. The number of phenolic OH excluding ortho intramolecular Hbond substituents is 1. The predicted molar refractivity (Wildman–Crippen MR) is 104 cm³/mol. The number of rotatable bonds is 4. The van der Waals surface area contributed by atoms with Crippen LogP contribution in [0.2, 0.25) is 0 Å². The summed E-state index contributed by atoms with van der Waals surface area (Å²) >= 11 is 0. The lowest BCUT2D eigenvalue weighted by molar-refractivity contribution is 0.0678. The van der Waals surface area contributed by atoms with Crippen molar-refractivity contribution in [3.63, 3.8) is 0 Å². The monoisotopic (exact) mass is 378 g/mol. The van der Waals surface area contributed by atoms with E-state index in [0.717, 1.165) is 12.8 Å². The largest absolute Gasteiger partial charge is 0.508 e. The van der Waals surface area contributed by atoms with Crippen molar-refractivity contribution in [3.8, 4) is 5.75 Å². The zero-order valence-corrected chi connectivity index (χ0v) is 15.5. The van der Waals surface area contributed by atoms with Gasteiger partial charge in [0.2, 0.25) is 0 Å². The summed E-state index contributed by atoms with van der Waals surface area (Å²) in [5.41, 5.74) is 1.08. The van der Waals surface area contributed by atoms with Crippen LogP contribution in [0.4, 0.5) is 0 Å². The molecule has 0 unspecified atom stereocenters. The van der Waals surface area contributed by atoms with E-state index >= 15 is 0 Å². The second kappa shape index (κ2) is 7.76. The second-order valence-electron chi connectivity index (χ2n) is 7.09. The third-order valence-electron chi connectivity index (χ3n) is 5.24. The van der Waals surface area contributed by atoms with Crippen LogP contribution < -0.4 is 5.56 Å². The van der Waals surface area contributed by atoms with Crippen molar-refractivity contribution in [3.05, 3.63) is 88.2 Å². The van der Waals surface area contributed by atoms with E-state index in [1.807, 2.05) is 17.0 Å². The molecule has 1 aromatic carbocycles. The summed E-state index contributed by atoms with van der Waals surface area (Å²) in [4.78, 5) is 26.4. The molecule has 0 saturated carbocycles. The smallest absolute Gasteiger partial charge is 0.289 e. The van der Waals surface area contributed by atoms with Crippen molar-refractivity contribution in [1.82, 2.24) is 9.47 Å². The highest BCUT2D eigenvalue weighted by Gasteiger charge is 2.26. The number of aromatic hydroxyl groups is 1. The zero-order chi connectivity index (χ0) is 19.5. The first-order chi connectivity index (χ1) is 13.6. The Hall–Kier alpha value is -3.28. The van der Waals surface area contributed by atoms with Gasteiger partial charge in [0, 0.05) is 25.4 Å². The lowest BCUT2D eigenvalue weighted by Crippen LogP contribution is -2.37. The standard InChI is InChI=1S/C22H22N2O4/c25-18-6-4-16(5-7-18)17-10-13-23(14-11-17)22(27)20-9-8-19(28-20)15-24-12-2-1-3-21(24)26/h1-9,12,17,25H,10-11,13-15H2. The molecule has 1 aliphatic rings. The molecular formula is C22H22N2O4. The summed E-state index contributed by atoms with van der Waals surface area (Å²) in [6, 6.07) is 15.7. The summed E-state index contributed by atoms with van der Waals surface area (Å²) < 4.78 is 7.24.